The Morgan fingerprint density at radius 3 is 2.28 bits per heavy atom. The molecular formula is C32H30N4O3. The molecular weight excluding hydrogens is 488 g/mol. The molecule has 7 heteroatoms. The van der Waals surface area contributed by atoms with Crippen molar-refractivity contribution in [3.05, 3.63) is 131 Å². The van der Waals surface area contributed by atoms with Crippen molar-refractivity contribution < 1.29 is 9.53 Å². The predicted molar refractivity (Wildman–Crippen MR) is 155 cm³/mol. The van der Waals surface area contributed by atoms with Crippen LogP contribution in [0.5, 0.6) is 5.75 Å². The number of benzene rings is 4. The SMILES string of the molecule is COc1ccccc1NC(=O)N(CCc1ccccc1)C(C)c1nc2ccccc2c(=O)n1-c1ccccc1. The van der Waals surface area contributed by atoms with Crippen molar-refractivity contribution in [3.8, 4) is 11.4 Å². The first-order valence-electron chi connectivity index (χ1n) is 12.9. The molecule has 4 aromatic carbocycles. The van der Waals surface area contributed by atoms with Crippen LogP contribution in [-0.4, -0.2) is 34.1 Å². The second kappa shape index (κ2) is 11.6. The first-order valence-corrected chi connectivity index (χ1v) is 12.9. The number of fused-ring (bicyclic) bond motifs is 1. The van der Waals surface area contributed by atoms with Gasteiger partial charge in [-0.25, -0.2) is 9.78 Å². The maximum atomic E-state index is 13.9. The van der Waals surface area contributed by atoms with Crippen LogP contribution in [0.4, 0.5) is 10.5 Å². The molecule has 7 nitrogen and oxygen atoms in total. The molecule has 0 aliphatic rings. The predicted octanol–water partition coefficient (Wildman–Crippen LogP) is 6.23. The number of aromatic nitrogens is 2. The lowest BCUT2D eigenvalue weighted by Crippen LogP contribution is -2.41. The summed E-state index contributed by atoms with van der Waals surface area (Å²) in [7, 11) is 1.57. The van der Waals surface area contributed by atoms with Gasteiger partial charge in [-0.3, -0.25) is 9.36 Å². The number of nitrogens with one attached hydrogen (secondary N) is 1. The van der Waals surface area contributed by atoms with Gasteiger partial charge in [0.2, 0.25) is 0 Å². The van der Waals surface area contributed by atoms with Gasteiger partial charge in [0, 0.05) is 6.54 Å². The Balaban J connectivity index is 1.60. The molecule has 196 valence electrons. The summed E-state index contributed by atoms with van der Waals surface area (Å²) >= 11 is 0. The minimum absolute atomic E-state index is 0.179. The third kappa shape index (κ3) is 5.52. The van der Waals surface area contributed by atoms with Crippen molar-refractivity contribution in [1.82, 2.24) is 14.5 Å². The van der Waals surface area contributed by atoms with Gasteiger partial charge in [-0.05, 0) is 55.3 Å². The molecule has 39 heavy (non-hydrogen) atoms. The molecule has 5 rings (SSSR count). The standard InChI is InChI=1S/C32H30N4O3/c1-23(30-33-27-18-10-9-17-26(27)31(37)36(30)25-15-7-4-8-16-25)35(22-21-24-13-5-3-6-14-24)32(38)34-28-19-11-12-20-29(28)39-2/h3-20,23H,21-22H2,1-2H3,(H,34,38). The number of para-hydroxylation sites is 4. The van der Waals surface area contributed by atoms with Crippen molar-refractivity contribution in [2.45, 2.75) is 19.4 Å². The van der Waals surface area contributed by atoms with E-state index in [1.807, 2.05) is 97.9 Å². The van der Waals surface area contributed by atoms with E-state index in [1.165, 1.54) is 0 Å². The van der Waals surface area contributed by atoms with Crippen molar-refractivity contribution >= 4 is 22.6 Å². The average molecular weight is 519 g/mol. The number of amides is 2. The molecule has 0 aliphatic heterocycles. The van der Waals surface area contributed by atoms with Gasteiger partial charge < -0.3 is 15.0 Å². The molecule has 2 amide bonds. The Morgan fingerprint density at radius 1 is 0.897 bits per heavy atom. The maximum absolute atomic E-state index is 13.9. The highest BCUT2D eigenvalue weighted by Crippen LogP contribution is 2.27. The molecule has 1 atom stereocenters. The number of urea groups is 1. The normalized spacial score (nSPS) is 11.6. The molecule has 0 aliphatic carbocycles. The Bertz CT molecular complexity index is 1630. The van der Waals surface area contributed by atoms with Crippen LogP contribution < -0.4 is 15.6 Å². The smallest absolute Gasteiger partial charge is 0.322 e. The lowest BCUT2D eigenvalue weighted by Gasteiger charge is -2.31. The Kier molecular flexibility index (Phi) is 7.68. The summed E-state index contributed by atoms with van der Waals surface area (Å²) in [4.78, 5) is 34.3. The van der Waals surface area contributed by atoms with Gasteiger partial charge in [0.1, 0.15) is 11.6 Å². The zero-order chi connectivity index (χ0) is 27.2. The number of hydrogen-bond acceptors (Lipinski definition) is 4. The summed E-state index contributed by atoms with van der Waals surface area (Å²) in [5.41, 5.74) is 2.77. The number of ether oxygens (including phenoxy) is 1. The Morgan fingerprint density at radius 2 is 1.54 bits per heavy atom. The van der Waals surface area contributed by atoms with Gasteiger partial charge in [-0.2, -0.15) is 0 Å². The van der Waals surface area contributed by atoms with Crippen LogP contribution in [0.1, 0.15) is 24.4 Å². The fraction of sp³-hybridized carbons (Fsp3) is 0.156. The van der Waals surface area contributed by atoms with E-state index in [1.54, 1.807) is 34.8 Å². The Labute approximate surface area is 227 Å². The van der Waals surface area contributed by atoms with Crippen molar-refractivity contribution in [2.75, 3.05) is 19.0 Å². The van der Waals surface area contributed by atoms with E-state index in [0.717, 1.165) is 5.56 Å². The number of carbonyl (C=O) groups is 1. The summed E-state index contributed by atoms with van der Waals surface area (Å²) in [6, 6.07) is 33.1. The number of anilines is 1. The van der Waals surface area contributed by atoms with E-state index in [-0.39, 0.29) is 11.6 Å². The third-order valence-electron chi connectivity index (χ3n) is 6.75. The second-order valence-electron chi connectivity index (χ2n) is 9.20. The van der Waals surface area contributed by atoms with Crippen molar-refractivity contribution in [2.24, 2.45) is 0 Å². The monoisotopic (exact) mass is 518 g/mol. The maximum Gasteiger partial charge on any atom is 0.322 e. The topological polar surface area (TPSA) is 76.5 Å². The van der Waals surface area contributed by atoms with E-state index in [4.69, 9.17) is 9.72 Å². The van der Waals surface area contributed by atoms with Crippen LogP contribution in [0, 0.1) is 0 Å². The van der Waals surface area contributed by atoms with Crippen LogP contribution in [0.15, 0.2) is 114 Å². The summed E-state index contributed by atoms with van der Waals surface area (Å²) in [6.07, 6.45) is 0.633. The van der Waals surface area contributed by atoms with Crippen molar-refractivity contribution in [1.29, 1.82) is 0 Å². The first-order chi connectivity index (χ1) is 19.1. The van der Waals surface area contributed by atoms with Crippen LogP contribution in [0.2, 0.25) is 0 Å². The van der Waals surface area contributed by atoms with Crippen LogP contribution >= 0.6 is 0 Å². The average Bonchev–Trinajstić information content (AvgIpc) is 2.98. The van der Waals surface area contributed by atoms with Gasteiger partial charge in [-0.15, -0.1) is 0 Å². The highest BCUT2D eigenvalue weighted by atomic mass is 16.5. The summed E-state index contributed by atoms with van der Waals surface area (Å²) < 4.78 is 7.06. The summed E-state index contributed by atoms with van der Waals surface area (Å²) in [6.45, 7) is 2.31. The van der Waals surface area contributed by atoms with E-state index in [9.17, 15) is 9.59 Å². The largest absolute Gasteiger partial charge is 0.495 e. The molecule has 1 aromatic heterocycles. The van der Waals surface area contributed by atoms with Gasteiger partial charge in [0.05, 0.1) is 35.4 Å². The van der Waals surface area contributed by atoms with Gasteiger partial charge in [0.25, 0.3) is 5.56 Å². The second-order valence-corrected chi connectivity index (χ2v) is 9.20. The number of carbonyl (C=O) groups excluding carboxylic acids is 1. The fourth-order valence-corrected chi connectivity index (χ4v) is 4.70. The zero-order valence-electron chi connectivity index (χ0n) is 22.0. The zero-order valence-corrected chi connectivity index (χ0v) is 22.0. The van der Waals surface area contributed by atoms with Gasteiger partial charge >= 0.3 is 6.03 Å². The van der Waals surface area contributed by atoms with Gasteiger partial charge in [-0.1, -0.05) is 72.8 Å². The highest BCUT2D eigenvalue weighted by Gasteiger charge is 2.27. The van der Waals surface area contributed by atoms with E-state index < -0.39 is 6.04 Å². The number of methoxy groups -OCH3 is 1. The molecule has 0 fully saturated rings. The molecule has 5 aromatic rings. The summed E-state index contributed by atoms with van der Waals surface area (Å²) in [5.74, 6) is 1.04. The molecule has 0 radical (unpaired) electrons. The lowest BCUT2D eigenvalue weighted by atomic mass is 10.1. The van der Waals surface area contributed by atoms with Gasteiger partial charge in [0.15, 0.2) is 0 Å². The third-order valence-corrected chi connectivity index (χ3v) is 6.75. The molecule has 0 spiro atoms. The van der Waals surface area contributed by atoms with E-state index in [2.05, 4.69) is 5.32 Å². The van der Waals surface area contributed by atoms with Crippen LogP contribution in [0.3, 0.4) is 0 Å². The first kappa shape index (κ1) is 25.7. The minimum atomic E-state index is -0.541. The molecule has 0 saturated heterocycles. The van der Waals surface area contributed by atoms with E-state index in [0.29, 0.717) is 46.8 Å². The van der Waals surface area contributed by atoms with Crippen LogP contribution in [0.25, 0.3) is 16.6 Å². The quantitative estimate of drug-likeness (QED) is 0.264. The molecule has 0 bridgehead atoms. The molecule has 1 N–H and O–H groups in total. The molecule has 0 saturated carbocycles. The molecule has 1 heterocycles. The van der Waals surface area contributed by atoms with Crippen LogP contribution in [-0.2, 0) is 6.42 Å². The summed E-state index contributed by atoms with van der Waals surface area (Å²) in [5, 5.41) is 3.53. The Hall–Kier alpha value is -4.91. The number of nitrogens with zero attached hydrogens (tertiary/aromatic N) is 3. The number of hydrogen-bond donors (Lipinski definition) is 1. The molecule has 1 unspecified atom stereocenters. The highest BCUT2D eigenvalue weighted by molar-refractivity contribution is 5.91. The fourth-order valence-electron chi connectivity index (χ4n) is 4.70. The lowest BCUT2D eigenvalue weighted by molar-refractivity contribution is 0.190. The number of rotatable bonds is 8. The minimum Gasteiger partial charge on any atom is -0.495 e. The van der Waals surface area contributed by atoms with Crippen molar-refractivity contribution in [3.63, 3.8) is 0 Å². The van der Waals surface area contributed by atoms with E-state index >= 15 is 0 Å².